The molecule has 1 heterocycles. The van der Waals surface area contributed by atoms with Gasteiger partial charge < -0.3 is 0 Å². The van der Waals surface area contributed by atoms with Gasteiger partial charge in [-0.2, -0.15) is 0 Å². The molecule has 2 aliphatic rings. The number of halogens is 2. The molecule has 1 atom stereocenters. The van der Waals surface area contributed by atoms with Gasteiger partial charge in [-0.1, -0.05) is 48.5 Å². The Morgan fingerprint density at radius 2 is 1.72 bits per heavy atom. The molecular weight excluding hydrogens is 400 g/mol. The maximum atomic E-state index is 13.8. The molecule has 3 heteroatoms. The molecule has 1 nitrogen and oxygen atoms in total. The average molecular weight is 426 g/mol. The maximum Gasteiger partial charge on any atom is 0.248 e. The van der Waals surface area contributed by atoms with Crippen molar-refractivity contribution in [3.8, 4) is 22.4 Å². The summed E-state index contributed by atoms with van der Waals surface area (Å²) in [6.07, 6.45) is 3.35. The van der Waals surface area contributed by atoms with Gasteiger partial charge in [0.05, 0.1) is 5.69 Å². The highest BCUT2D eigenvalue weighted by molar-refractivity contribution is 5.99. The fraction of sp³-hybridized carbons (Fsp3) is 0.276. The lowest BCUT2D eigenvalue weighted by molar-refractivity contribution is 0.00777. The summed E-state index contributed by atoms with van der Waals surface area (Å²) in [5, 5.41) is 2.22. The molecule has 1 saturated carbocycles. The van der Waals surface area contributed by atoms with Crippen molar-refractivity contribution in [2.45, 2.75) is 51.4 Å². The van der Waals surface area contributed by atoms with Crippen molar-refractivity contribution in [1.82, 2.24) is 4.98 Å². The number of fused-ring (bicyclic) bond motifs is 4. The number of alkyl halides is 2. The number of benzene rings is 3. The SMILES string of the molecule is Cc1cc2c(c(-c3ncc(C)c4cc(C5CCC(F)(F)C5)ccc34)c1)Cc1ccccc1-2. The highest BCUT2D eigenvalue weighted by Gasteiger charge is 2.40. The number of rotatable bonds is 2. The van der Waals surface area contributed by atoms with Gasteiger partial charge in [0.1, 0.15) is 0 Å². The second kappa shape index (κ2) is 6.96. The van der Waals surface area contributed by atoms with E-state index in [2.05, 4.69) is 62.4 Å². The Balaban J connectivity index is 1.51. The third-order valence-corrected chi connectivity index (χ3v) is 7.31. The molecule has 0 aliphatic heterocycles. The van der Waals surface area contributed by atoms with Crippen molar-refractivity contribution in [3.63, 3.8) is 0 Å². The Morgan fingerprint density at radius 1 is 0.906 bits per heavy atom. The summed E-state index contributed by atoms with van der Waals surface area (Å²) in [5.41, 5.74) is 10.8. The lowest BCUT2D eigenvalue weighted by Gasteiger charge is -2.16. The first-order valence-corrected chi connectivity index (χ1v) is 11.4. The molecule has 0 radical (unpaired) electrons. The van der Waals surface area contributed by atoms with Crippen molar-refractivity contribution in [1.29, 1.82) is 0 Å². The molecule has 2 aliphatic carbocycles. The van der Waals surface area contributed by atoms with Crippen LogP contribution in [0.2, 0.25) is 0 Å². The van der Waals surface area contributed by atoms with Crippen LogP contribution in [-0.4, -0.2) is 10.9 Å². The first kappa shape index (κ1) is 19.6. The summed E-state index contributed by atoms with van der Waals surface area (Å²) in [6, 6.07) is 19.4. The predicted molar refractivity (Wildman–Crippen MR) is 126 cm³/mol. The van der Waals surface area contributed by atoms with E-state index in [4.69, 9.17) is 4.98 Å². The molecule has 0 spiro atoms. The van der Waals surface area contributed by atoms with Crippen LogP contribution in [0.4, 0.5) is 8.78 Å². The van der Waals surface area contributed by atoms with Gasteiger partial charge >= 0.3 is 0 Å². The molecule has 1 unspecified atom stereocenters. The predicted octanol–water partition coefficient (Wildman–Crippen LogP) is 7.99. The molecule has 0 N–H and O–H groups in total. The van der Waals surface area contributed by atoms with Gasteiger partial charge in [-0.15, -0.1) is 0 Å². The Labute approximate surface area is 187 Å². The molecular formula is C29H25F2N. The van der Waals surface area contributed by atoms with Crippen LogP contribution in [0.5, 0.6) is 0 Å². The van der Waals surface area contributed by atoms with Crippen molar-refractivity contribution >= 4 is 10.8 Å². The van der Waals surface area contributed by atoms with E-state index in [0.29, 0.717) is 6.42 Å². The molecule has 0 bridgehead atoms. The number of aryl methyl sites for hydroxylation is 2. The second-order valence-corrected chi connectivity index (χ2v) is 9.56. The topological polar surface area (TPSA) is 12.9 Å². The van der Waals surface area contributed by atoms with Gasteiger partial charge in [-0.25, -0.2) is 8.78 Å². The molecule has 1 aromatic heterocycles. The van der Waals surface area contributed by atoms with Crippen LogP contribution in [0.1, 0.15) is 53.0 Å². The Bertz CT molecular complexity index is 1390. The van der Waals surface area contributed by atoms with Crippen LogP contribution >= 0.6 is 0 Å². The molecule has 4 aromatic rings. The van der Waals surface area contributed by atoms with Gasteiger partial charge in [0.25, 0.3) is 0 Å². The maximum absolute atomic E-state index is 13.8. The zero-order chi connectivity index (χ0) is 22.0. The average Bonchev–Trinajstić information content (AvgIpc) is 3.33. The number of nitrogens with zero attached hydrogens (tertiary/aromatic N) is 1. The highest BCUT2D eigenvalue weighted by atomic mass is 19.3. The van der Waals surface area contributed by atoms with Crippen molar-refractivity contribution in [2.75, 3.05) is 0 Å². The minimum absolute atomic E-state index is 0.00767. The summed E-state index contributed by atoms with van der Waals surface area (Å²) in [4.78, 5) is 4.89. The Hall–Kier alpha value is -3.07. The summed E-state index contributed by atoms with van der Waals surface area (Å²) in [7, 11) is 0. The molecule has 160 valence electrons. The molecule has 0 saturated heterocycles. The van der Waals surface area contributed by atoms with E-state index >= 15 is 0 Å². The van der Waals surface area contributed by atoms with E-state index < -0.39 is 5.92 Å². The summed E-state index contributed by atoms with van der Waals surface area (Å²) in [6.45, 7) is 4.20. The minimum atomic E-state index is -2.53. The van der Waals surface area contributed by atoms with Crippen molar-refractivity contribution < 1.29 is 8.78 Å². The highest BCUT2D eigenvalue weighted by Crippen LogP contribution is 2.46. The monoisotopic (exact) mass is 425 g/mol. The van der Waals surface area contributed by atoms with Crippen molar-refractivity contribution in [2.24, 2.45) is 0 Å². The molecule has 6 rings (SSSR count). The smallest absolute Gasteiger partial charge is 0.248 e. The third-order valence-electron chi connectivity index (χ3n) is 7.31. The van der Waals surface area contributed by atoms with E-state index in [-0.39, 0.29) is 18.8 Å². The Kier molecular flexibility index (Phi) is 4.27. The van der Waals surface area contributed by atoms with E-state index in [1.54, 1.807) is 0 Å². The van der Waals surface area contributed by atoms with Crippen LogP contribution in [0.25, 0.3) is 33.2 Å². The first-order valence-electron chi connectivity index (χ1n) is 11.4. The van der Waals surface area contributed by atoms with Crippen molar-refractivity contribution in [3.05, 3.63) is 88.6 Å². The third kappa shape index (κ3) is 3.06. The van der Waals surface area contributed by atoms with E-state index in [1.807, 2.05) is 12.3 Å². The van der Waals surface area contributed by atoms with Crippen LogP contribution < -0.4 is 0 Å². The zero-order valence-corrected chi connectivity index (χ0v) is 18.4. The van der Waals surface area contributed by atoms with Crippen LogP contribution in [0.3, 0.4) is 0 Å². The van der Waals surface area contributed by atoms with Gasteiger partial charge in [-0.3, -0.25) is 4.98 Å². The zero-order valence-electron chi connectivity index (χ0n) is 18.4. The summed E-state index contributed by atoms with van der Waals surface area (Å²) in [5.74, 6) is -2.60. The van der Waals surface area contributed by atoms with Gasteiger partial charge in [0.15, 0.2) is 0 Å². The normalized spacial score (nSPS) is 18.7. The number of aromatic nitrogens is 1. The number of hydrogen-bond acceptors (Lipinski definition) is 1. The second-order valence-electron chi connectivity index (χ2n) is 9.56. The van der Waals surface area contributed by atoms with Crippen LogP contribution in [-0.2, 0) is 6.42 Å². The molecule has 0 amide bonds. The standard InChI is InChI=1S/C29H25F2N/c1-17-11-25-22-6-4-3-5-20(22)14-26(25)27(12-17)28-23-8-7-19(13-24(23)18(2)16-32-28)21-9-10-29(30,31)15-21/h3-8,11-13,16,21H,9-10,14-15H2,1-2H3. The van der Waals surface area contributed by atoms with Gasteiger partial charge in [-0.05, 0) is 83.0 Å². The summed E-state index contributed by atoms with van der Waals surface area (Å²) >= 11 is 0. The summed E-state index contributed by atoms with van der Waals surface area (Å²) < 4.78 is 27.7. The minimum Gasteiger partial charge on any atom is -0.255 e. The quantitative estimate of drug-likeness (QED) is 0.279. The van der Waals surface area contributed by atoms with E-state index in [1.165, 1.54) is 33.4 Å². The van der Waals surface area contributed by atoms with Gasteiger partial charge in [0, 0.05) is 30.0 Å². The Morgan fingerprint density at radius 3 is 2.53 bits per heavy atom. The largest absolute Gasteiger partial charge is 0.255 e. The first-order chi connectivity index (χ1) is 15.4. The molecule has 1 fully saturated rings. The number of pyridine rings is 1. The van der Waals surface area contributed by atoms with E-state index in [0.717, 1.165) is 34.0 Å². The fourth-order valence-electron chi connectivity index (χ4n) is 5.68. The lowest BCUT2D eigenvalue weighted by Crippen LogP contribution is -2.09. The number of hydrogen-bond donors (Lipinski definition) is 0. The molecule has 3 aromatic carbocycles. The van der Waals surface area contributed by atoms with Crippen LogP contribution in [0, 0.1) is 13.8 Å². The van der Waals surface area contributed by atoms with E-state index in [9.17, 15) is 8.78 Å². The fourth-order valence-corrected chi connectivity index (χ4v) is 5.68. The van der Waals surface area contributed by atoms with Gasteiger partial charge in [0.2, 0.25) is 5.92 Å². The van der Waals surface area contributed by atoms with Crippen LogP contribution in [0.15, 0.2) is 60.8 Å². The lowest BCUT2D eigenvalue weighted by atomic mass is 9.90. The molecule has 32 heavy (non-hydrogen) atoms.